The van der Waals surface area contributed by atoms with Gasteiger partial charge in [-0.2, -0.15) is 0 Å². The molecule has 5 heterocycles. The Morgan fingerprint density at radius 2 is 1.54 bits per heavy atom. The van der Waals surface area contributed by atoms with E-state index in [-0.39, 0.29) is 12.2 Å². The smallest absolute Gasteiger partial charge is 0.390 e. The third-order valence-corrected chi connectivity index (χ3v) is 10.4. The van der Waals surface area contributed by atoms with Crippen LogP contribution in [0.25, 0.3) is 11.2 Å². The van der Waals surface area contributed by atoms with Gasteiger partial charge in [0.15, 0.2) is 30.6 Å². The molecule has 0 bridgehead atoms. The van der Waals surface area contributed by atoms with Crippen molar-refractivity contribution in [3.8, 4) is 0 Å². The summed E-state index contributed by atoms with van der Waals surface area (Å²) in [4.78, 5) is 37.2. The molecule has 5 rings (SSSR count). The van der Waals surface area contributed by atoms with E-state index in [9.17, 15) is 43.2 Å². The zero-order chi connectivity index (χ0) is 33.1. The first-order chi connectivity index (χ1) is 21.9. The highest BCUT2D eigenvalue weighted by Crippen LogP contribution is 2.51. The molecule has 2 aliphatic heterocycles. The van der Waals surface area contributed by atoms with E-state index < -0.39 is 100 Å². The molecule has 2 saturated heterocycles. The monoisotopic (exact) mass is 729 g/mol. The van der Waals surface area contributed by atoms with Gasteiger partial charge in [-0.25, -0.2) is 19.7 Å². The van der Waals surface area contributed by atoms with Crippen LogP contribution in [-0.4, -0.2) is 88.1 Å². The highest BCUT2D eigenvalue weighted by atomic mass is 31.2. The van der Waals surface area contributed by atoms with Crippen molar-refractivity contribution >= 4 is 50.0 Å². The number of fused-ring (bicyclic) bond motifs is 1. The van der Waals surface area contributed by atoms with Crippen LogP contribution in [0.4, 0.5) is 5.82 Å². The summed E-state index contributed by atoms with van der Waals surface area (Å²) >= 11 is 0. The lowest BCUT2D eigenvalue weighted by molar-refractivity contribution is -0.0516. The molecule has 246 valence electrons. The summed E-state index contributed by atoms with van der Waals surface area (Å²) in [6, 6.07) is 0.980. The molecule has 4 unspecified atom stereocenters. The van der Waals surface area contributed by atoms with Gasteiger partial charge >= 0.3 is 38.7 Å². The maximum Gasteiger partial charge on any atom is 0.798 e. The third kappa shape index (κ3) is 7.93. The molecule has 0 saturated carbocycles. The Bertz CT molecular complexity index is 1770. The molecule has 0 radical (unpaired) electrons. The van der Waals surface area contributed by atoms with Crippen molar-refractivity contribution in [1.82, 2.24) is 29.1 Å². The van der Waals surface area contributed by atoms with Crippen molar-refractivity contribution in [2.24, 2.45) is 0 Å². The van der Waals surface area contributed by atoms with Gasteiger partial charge in [0.25, 0.3) is 5.56 Å². The molecular formula is C19H23N7O16P4+4. The Morgan fingerprint density at radius 1 is 0.891 bits per heavy atom. The second-order valence-electron chi connectivity index (χ2n) is 9.31. The normalized spacial score (nSPS) is 27.6. The minimum absolute atomic E-state index is 0.0819. The number of hydrogen-bond acceptors (Lipinski definition) is 20. The fourth-order valence-electron chi connectivity index (χ4n) is 4.35. The standard InChI is InChI=1S/C19H22N7O16P4/c20-16-13-17(22-6-21-16)26(7-23-13)12-3-8(27)9(38-12)4-36-43(32)40-45(34)42-46(35)41-44(33)37-5-10-14(29)15(30)18(39-10)25-2-1-11(28)24-19(25)31/h1-2,6-10,12,14-15,18,27,29-30H,3-5H2,(H2-,20,21,22,24,28,31)/q+3/p+1/t8-,9+,10-,12+,14-,15-,18-/m1/s1. The minimum atomic E-state index is -3.43. The van der Waals surface area contributed by atoms with Crippen LogP contribution in [0, 0.1) is 0 Å². The van der Waals surface area contributed by atoms with Gasteiger partial charge in [-0.15, -0.1) is 9.05 Å². The summed E-state index contributed by atoms with van der Waals surface area (Å²) in [7, 11) is -13.2. The van der Waals surface area contributed by atoms with Crippen molar-refractivity contribution in [2.75, 3.05) is 18.9 Å². The second kappa shape index (κ2) is 14.8. The maximum absolute atomic E-state index is 12.1. The van der Waals surface area contributed by atoms with Crippen LogP contribution in [0.2, 0.25) is 0 Å². The first-order valence-corrected chi connectivity index (χ1v) is 17.1. The number of aromatic nitrogens is 6. The van der Waals surface area contributed by atoms with E-state index in [1.807, 2.05) is 4.98 Å². The number of aromatic amines is 1. The van der Waals surface area contributed by atoms with E-state index in [0.29, 0.717) is 11.2 Å². The van der Waals surface area contributed by atoms with Crippen LogP contribution in [0.5, 0.6) is 0 Å². The molecule has 27 heteroatoms. The summed E-state index contributed by atoms with van der Waals surface area (Å²) in [6.07, 6.45) is -5.16. The van der Waals surface area contributed by atoms with Crippen molar-refractivity contribution < 1.29 is 65.0 Å². The number of nitrogens with one attached hydrogen (secondary N) is 1. The first-order valence-electron chi connectivity index (χ1n) is 12.7. The molecular weight excluding hydrogens is 706 g/mol. The summed E-state index contributed by atoms with van der Waals surface area (Å²) in [5, 5.41) is 30.7. The number of anilines is 1. The number of aliphatic hydroxyl groups excluding tert-OH is 3. The molecule has 0 amide bonds. The Morgan fingerprint density at radius 3 is 2.22 bits per heavy atom. The van der Waals surface area contributed by atoms with E-state index in [4.69, 9.17) is 24.3 Å². The van der Waals surface area contributed by atoms with Gasteiger partial charge < -0.3 is 30.5 Å². The molecule has 23 nitrogen and oxygen atoms in total. The van der Waals surface area contributed by atoms with Crippen molar-refractivity contribution in [3.05, 3.63) is 45.8 Å². The highest BCUT2D eigenvalue weighted by Gasteiger charge is 2.56. The van der Waals surface area contributed by atoms with Crippen LogP contribution in [0.1, 0.15) is 18.9 Å². The summed E-state index contributed by atoms with van der Waals surface area (Å²) in [5.41, 5.74) is 4.82. The molecule has 0 aliphatic carbocycles. The van der Waals surface area contributed by atoms with E-state index >= 15 is 0 Å². The first kappa shape index (κ1) is 34.4. The lowest BCUT2D eigenvalue weighted by atomic mass is 10.1. The average Bonchev–Trinajstić information content (AvgIpc) is 3.67. The number of ether oxygens (including phenoxy) is 2. The van der Waals surface area contributed by atoms with Gasteiger partial charge in [0, 0.05) is 36.9 Å². The van der Waals surface area contributed by atoms with Crippen LogP contribution < -0.4 is 17.0 Å². The Kier molecular flexibility index (Phi) is 11.1. The Labute approximate surface area is 258 Å². The molecule has 3 aromatic heterocycles. The van der Waals surface area contributed by atoms with E-state index in [2.05, 4.69) is 27.9 Å². The molecule has 3 aromatic rings. The third-order valence-electron chi connectivity index (χ3n) is 6.45. The molecule has 11 atom stereocenters. The minimum Gasteiger partial charge on any atom is -0.390 e. The maximum atomic E-state index is 12.1. The number of H-pyrrole nitrogens is 1. The molecule has 2 aliphatic rings. The molecule has 0 spiro atoms. The SMILES string of the molecule is Nc1ncnc2c1ncn2[C@@H]1C[C@@H](O)[C@H](CO[P+](=O)O[P+](=O)O[P+](=O)O[P+](=O)OC[C@H]2O[C@@H](n3ccc(=O)[nH]c3=O)[C@H](O)[C@@H]2O)O1. The van der Waals surface area contributed by atoms with E-state index in [0.717, 1.165) is 16.8 Å². The van der Waals surface area contributed by atoms with Crippen LogP contribution in [-0.2, 0) is 49.7 Å². The van der Waals surface area contributed by atoms with Crippen LogP contribution >= 0.6 is 33.0 Å². The Hall–Kier alpha value is -2.97. The number of rotatable bonds is 14. The van der Waals surface area contributed by atoms with E-state index in [1.54, 1.807) is 0 Å². The molecule has 46 heavy (non-hydrogen) atoms. The topological polar surface area (TPSA) is 318 Å². The number of imidazole rings is 1. The summed E-state index contributed by atoms with van der Waals surface area (Å²) in [5.74, 6) is 0.150. The quantitative estimate of drug-likeness (QED) is 0.136. The zero-order valence-corrected chi connectivity index (χ0v) is 26.3. The number of nitrogens with zero attached hydrogens (tertiary/aromatic N) is 5. The molecule has 6 N–H and O–H groups in total. The fraction of sp³-hybridized carbons (Fsp3) is 0.526. The molecule has 0 aromatic carbocycles. The van der Waals surface area contributed by atoms with Gasteiger partial charge in [-0.3, -0.25) is 18.9 Å². The van der Waals surface area contributed by atoms with Crippen molar-refractivity contribution in [2.45, 2.75) is 49.4 Å². The zero-order valence-electron chi connectivity index (χ0n) is 22.7. The lowest BCUT2D eigenvalue weighted by Gasteiger charge is -2.16. The Balaban J connectivity index is 1.02. The largest absolute Gasteiger partial charge is 0.798 e. The van der Waals surface area contributed by atoms with E-state index in [1.165, 1.54) is 17.2 Å². The molecule has 2 fully saturated rings. The fourth-order valence-corrected chi connectivity index (χ4v) is 7.35. The number of aliphatic hydroxyl groups is 3. The van der Waals surface area contributed by atoms with Gasteiger partial charge in [-0.1, -0.05) is 0 Å². The number of nitrogens with two attached hydrogens (primary N) is 1. The van der Waals surface area contributed by atoms with Gasteiger partial charge in [0.2, 0.25) is 0 Å². The second-order valence-corrected chi connectivity index (χ2v) is 13.6. The van der Waals surface area contributed by atoms with Crippen molar-refractivity contribution in [1.29, 1.82) is 0 Å². The van der Waals surface area contributed by atoms with Gasteiger partial charge in [0.05, 0.1) is 12.4 Å². The predicted molar refractivity (Wildman–Crippen MR) is 147 cm³/mol. The number of hydrogen-bond donors (Lipinski definition) is 5. The van der Waals surface area contributed by atoms with Crippen molar-refractivity contribution in [3.63, 3.8) is 0 Å². The number of nitrogen functional groups attached to an aromatic ring is 1. The van der Waals surface area contributed by atoms with Gasteiger partial charge in [-0.05, 0) is 0 Å². The van der Waals surface area contributed by atoms with Crippen LogP contribution in [0.3, 0.4) is 0 Å². The van der Waals surface area contributed by atoms with Crippen LogP contribution in [0.15, 0.2) is 34.5 Å². The predicted octanol–water partition coefficient (Wildman–Crippen LogP) is -0.0611. The highest BCUT2D eigenvalue weighted by molar-refractivity contribution is 7.56. The summed E-state index contributed by atoms with van der Waals surface area (Å²) in [6.45, 7) is -1.19. The average molecular weight is 729 g/mol. The van der Waals surface area contributed by atoms with Gasteiger partial charge in [0.1, 0.15) is 55.7 Å². The summed E-state index contributed by atoms with van der Waals surface area (Å²) < 4.78 is 84.2. The lowest BCUT2D eigenvalue weighted by Crippen LogP contribution is -2.37.